The molecular weight excluding hydrogens is 150 g/mol. The number of rotatable bonds is 2. The number of ether oxygens (including phenoxy) is 1. The van der Waals surface area contributed by atoms with Crippen LogP contribution in [0.4, 0.5) is 4.79 Å². The summed E-state index contributed by atoms with van der Waals surface area (Å²) in [6.07, 6.45) is 0.229. The molecule has 11 heavy (non-hydrogen) atoms. The van der Waals surface area contributed by atoms with Crippen LogP contribution in [0.5, 0.6) is 0 Å². The predicted molar refractivity (Wildman–Crippen MR) is 37.7 cm³/mol. The van der Waals surface area contributed by atoms with Crippen molar-refractivity contribution in [3.05, 3.63) is 0 Å². The van der Waals surface area contributed by atoms with E-state index in [1.165, 1.54) is 14.0 Å². The number of hydrogen-bond acceptors (Lipinski definition) is 3. The average Bonchev–Trinajstić information content (AvgIpc) is 1.99. The molecule has 0 aromatic carbocycles. The first-order valence-corrected chi connectivity index (χ1v) is 2.93. The second kappa shape index (κ2) is 4.43. The molecule has 0 saturated heterocycles. The largest absolute Gasteiger partial charge is 0.481 e. The van der Waals surface area contributed by atoms with Gasteiger partial charge < -0.3 is 9.84 Å². The Bertz CT molecular complexity index is 187. The first kappa shape index (κ1) is 9.61. The summed E-state index contributed by atoms with van der Waals surface area (Å²) in [7, 11) is 1.17. The topological polar surface area (TPSA) is 76.0 Å². The maximum atomic E-state index is 10.3. The third kappa shape index (κ3) is 4.07. The highest BCUT2D eigenvalue weighted by Crippen LogP contribution is 1.90. The molecule has 5 heteroatoms. The Morgan fingerprint density at radius 1 is 1.64 bits per heavy atom. The van der Waals surface area contributed by atoms with Crippen molar-refractivity contribution in [2.75, 3.05) is 7.11 Å². The molecule has 1 N–H and O–H groups in total. The van der Waals surface area contributed by atoms with Gasteiger partial charge in [0, 0.05) is 6.21 Å². The number of carbonyl (C=O) groups is 2. The van der Waals surface area contributed by atoms with Crippen LogP contribution in [0.15, 0.2) is 4.99 Å². The first-order chi connectivity index (χ1) is 5.07. The third-order valence-electron chi connectivity index (χ3n) is 0.968. The molecular formula is C6H9NO4. The molecule has 0 bridgehead atoms. The third-order valence-corrected chi connectivity index (χ3v) is 0.968. The minimum Gasteiger partial charge on any atom is -0.481 e. The zero-order valence-corrected chi connectivity index (χ0v) is 6.27. The van der Waals surface area contributed by atoms with Crippen LogP contribution in [-0.4, -0.2) is 30.5 Å². The van der Waals surface area contributed by atoms with Crippen molar-refractivity contribution in [1.82, 2.24) is 0 Å². The smallest absolute Gasteiger partial charge is 0.432 e. The molecule has 1 amide bonds. The number of carboxylic acids is 1. The molecule has 0 aliphatic rings. The van der Waals surface area contributed by atoms with Crippen LogP contribution in [0, 0.1) is 5.92 Å². The van der Waals surface area contributed by atoms with E-state index in [4.69, 9.17) is 5.11 Å². The highest BCUT2D eigenvalue weighted by atomic mass is 16.5. The van der Waals surface area contributed by atoms with Gasteiger partial charge >= 0.3 is 12.1 Å². The summed E-state index contributed by atoms with van der Waals surface area (Å²) in [6, 6.07) is 0. The predicted octanol–water partition coefficient (Wildman–Crippen LogP) is 0.544. The van der Waals surface area contributed by atoms with Crippen molar-refractivity contribution in [1.29, 1.82) is 0 Å². The standard InChI is InChI=1S/C6H9NO4/c1-4(5(8)9)3-7-6(10)11-2/h3-4H,1-2H3,(H,8,9). The van der Waals surface area contributed by atoms with Crippen LogP contribution >= 0.6 is 0 Å². The summed E-state index contributed by atoms with van der Waals surface area (Å²) in [4.78, 5) is 23.7. The Morgan fingerprint density at radius 2 is 2.18 bits per heavy atom. The molecule has 5 nitrogen and oxygen atoms in total. The molecule has 0 saturated carbocycles. The van der Waals surface area contributed by atoms with E-state index < -0.39 is 18.0 Å². The Labute approximate surface area is 63.7 Å². The van der Waals surface area contributed by atoms with E-state index in [0.29, 0.717) is 0 Å². The summed E-state index contributed by atoms with van der Waals surface area (Å²) >= 11 is 0. The van der Waals surface area contributed by atoms with Crippen molar-refractivity contribution >= 4 is 18.3 Å². The zero-order valence-electron chi connectivity index (χ0n) is 6.27. The van der Waals surface area contributed by atoms with Gasteiger partial charge in [-0.05, 0) is 6.92 Å². The number of carboxylic acid groups (broad SMARTS) is 1. The lowest BCUT2D eigenvalue weighted by molar-refractivity contribution is -0.138. The molecule has 0 radical (unpaired) electrons. The van der Waals surface area contributed by atoms with Gasteiger partial charge in [0.2, 0.25) is 0 Å². The molecule has 0 heterocycles. The lowest BCUT2D eigenvalue weighted by Crippen LogP contribution is -2.11. The van der Waals surface area contributed by atoms with Crippen LogP contribution in [0.3, 0.4) is 0 Å². The first-order valence-electron chi connectivity index (χ1n) is 2.93. The highest BCUT2D eigenvalue weighted by molar-refractivity contribution is 5.92. The molecule has 0 fully saturated rings. The number of nitrogens with zero attached hydrogens (tertiary/aromatic N) is 1. The summed E-state index contributed by atoms with van der Waals surface area (Å²) in [5, 5.41) is 8.32. The molecule has 62 valence electrons. The van der Waals surface area contributed by atoms with E-state index in [0.717, 1.165) is 6.21 Å². The van der Waals surface area contributed by atoms with Crippen molar-refractivity contribution < 1.29 is 19.4 Å². The Morgan fingerprint density at radius 3 is 2.55 bits per heavy atom. The maximum absolute atomic E-state index is 10.3. The van der Waals surface area contributed by atoms with Crippen molar-refractivity contribution in [3.8, 4) is 0 Å². The second-order valence-corrected chi connectivity index (χ2v) is 1.88. The number of aliphatic carboxylic acids is 1. The zero-order chi connectivity index (χ0) is 8.85. The molecule has 0 aliphatic carbocycles. The fraction of sp³-hybridized carbons (Fsp3) is 0.500. The maximum Gasteiger partial charge on any atom is 0.432 e. The summed E-state index contributed by atoms with van der Waals surface area (Å²) in [6.45, 7) is 1.41. The lowest BCUT2D eigenvalue weighted by Gasteiger charge is -1.94. The average molecular weight is 159 g/mol. The number of aliphatic imine (C=N–C) groups is 1. The van der Waals surface area contributed by atoms with Crippen LogP contribution in [0.1, 0.15) is 6.92 Å². The molecule has 0 aromatic rings. The van der Waals surface area contributed by atoms with Crippen LogP contribution in [0.25, 0.3) is 0 Å². The number of carbonyl (C=O) groups excluding carboxylic acids is 1. The monoisotopic (exact) mass is 159 g/mol. The van der Waals surface area contributed by atoms with Crippen molar-refractivity contribution in [3.63, 3.8) is 0 Å². The van der Waals surface area contributed by atoms with E-state index in [1.807, 2.05) is 0 Å². The van der Waals surface area contributed by atoms with Gasteiger partial charge in [-0.1, -0.05) is 0 Å². The van der Waals surface area contributed by atoms with Gasteiger partial charge in [0.1, 0.15) is 0 Å². The molecule has 0 aliphatic heterocycles. The second-order valence-electron chi connectivity index (χ2n) is 1.88. The van der Waals surface area contributed by atoms with Gasteiger partial charge in [-0.3, -0.25) is 4.79 Å². The SMILES string of the molecule is COC(=O)N=CC(C)C(=O)O. The summed E-state index contributed by atoms with van der Waals surface area (Å²) in [5.74, 6) is -1.80. The lowest BCUT2D eigenvalue weighted by atomic mass is 10.2. The van der Waals surface area contributed by atoms with Crippen LogP contribution in [0.2, 0.25) is 0 Å². The van der Waals surface area contributed by atoms with Gasteiger partial charge in [0.15, 0.2) is 0 Å². The van der Waals surface area contributed by atoms with Crippen molar-refractivity contribution in [2.45, 2.75) is 6.92 Å². The van der Waals surface area contributed by atoms with E-state index >= 15 is 0 Å². The van der Waals surface area contributed by atoms with Gasteiger partial charge in [0.05, 0.1) is 13.0 Å². The normalized spacial score (nSPS) is 12.9. The molecule has 1 atom stereocenters. The number of amides is 1. The molecule has 0 aromatic heterocycles. The van der Waals surface area contributed by atoms with Gasteiger partial charge in [-0.25, -0.2) is 4.79 Å². The number of methoxy groups -OCH3 is 1. The van der Waals surface area contributed by atoms with E-state index in [9.17, 15) is 9.59 Å². The molecule has 0 spiro atoms. The van der Waals surface area contributed by atoms with Crippen LogP contribution in [-0.2, 0) is 9.53 Å². The Hall–Kier alpha value is -1.39. The molecule has 1 unspecified atom stereocenters. The summed E-state index contributed by atoms with van der Waals surface area (Å²) in [5.41, 5.74) is 0. The van der Waals surface area contributed by atoms with Crippen molar-refractivity contribution in [2.24, 2.45) is 10.9 Å². The minimum absolute atomic E-state index is 0.769. The van der Waals surface area contributed by atoms with Crippen LogP contribution < -0.4 is 0 Å². The quantitative estimate of drug-likeness (QED) is 0.596. The van der Waals surface area contributed by atoms with E-state index in [2.05, 4.69) is 9.73 Å². The minimum atomic E-state index is -1.03. The van der Waals surface area contributed by atoms with E-state index in [-0.39, 0.29) is 0 Å². The highest BCUT2D eigenvalue weighted by Gasteiger charge is 2.07. The number of hydrogen-bond donors (Lipinski definition) is 1. The van der Waals surface area contributed by atoms with Gasteiger partial charge in [-0.15, -0.1) is 0 Å². The van der Waals surface area contributed by atoms with Gasteiger partial charge in [0.25, 0.3) is 0 Å². The summed E-state index contributed by atoms with van der Waals surface area (Å²) < 4.78 is 4.15. The van der Waals surface area contributed by atoms with E-state index in [1.54, 1.807) is 0 Å². The Kier molecular flexibility index (Phi) is 3.87. The fourth-order valence-electron chi connectivity index (χ4n) is 0.289. The molecule has 0 rings (SSSR count). The van der Waals surface area contributed by atoms with Gasteiger partial charge in [-0.2, -0.15) is 4.99 Å². The Balaban J connectivity index is 3.92. The fourth-order valence-corrected chi connectivity index (χ4v) is 0.289.